The van der Waals surface area contributed by atoms with Gasteiger partial charge in [-0.3, -0.25) is 4.79 Å². The van der Waals surface area contributed by atoms with Gasteiger partial charge in [-0.1, -0.05) is 49.7 Å². The molecule has 5 rings (SSSR count). The molecule has 1 saturated heterocycles. The van der Waals surface area contributed by atoms with Gasteiger partial charge in [0.2, 0.25) is 5.91 Å². The Kier molecular flexibility index (Phi) is 7.86. The van der Waals surface area contributed by atoms with E-state index in [-0.39, 0.29) is 12.0 Å². The van der Waals surface area contributed by atoms with E-state index in [4.69, 9.17) is 4.74 Å². The first-order valence-electron chi connectivity index (χ1n) is 13.8. The quantitative estimate of drug-likeness (QED) is 0.208. The van der Waals surface area contributed by atoms with E-state index in [0.717, 1.165) is 42.3 Å². The lowest BCUT2D eigenvalue weighted by Crippen LogP contribution is -2.62. The highest BCUT2D eigenvalue weighted by Crippen LogP contribution is 2.46. The Morgan fingerprint density at radius 3 is 2.41 bits per heavy atom. The van der Waals surface area contributed by atoms with Crippen molar-refractivity contribution in [2.75, 3.05) is 18.6 Å². The molecule has 3 amide bonds. The summed E-state index contributed by atoms with van der Waals surface area (Å²) in [5, 5.41) is 4.53. The first-order valence-corrected chi connectivity index (χ1v) is 17.5. The van der Waals surface area contributed by atoms with Gasteiger partial charge in [0, 0.05) is 44.1 Å². The van der Waals surface area contributed by atoms with E-state index >= 15 is 8.78 Å². The lowest BCUT2D eigenvalue weighted by molar-refractivity contribution is -0.123. The second kappa shape index (κ2) is 11.2. The van der Waals surface area contributed by atoms with Crippen LogP contribution in [0.25, 0.3) is 0 Å². The first-order chi connectivity index (χ1) is 19.5. The van der Waals surface area contributed by atoms with Crippen LogP contribution in [0.4, 0.5) is 19.3 Å². The Morgan fingerprint density at radius 2 is 1.73 bits per heavy atom. The summed E-state index contributed by atoms with van der Waals surface area (Å²) in [6, 6.07) is 11.4. The van der Waals surface area contributed by atoms with Crippen LogP contribution in [0.3, 0.4) is 0 Å². The third kappa shape index (κ3) is 5.69. The summed E-state index contributed by atoms with van der Waals surface area (Å²) in [4.78, 5) is 29.2. The predicted molar refractivity (Wildman–Crippen MR) is 155 cm³/mol. The number of fused-ring (bicyclic) bond motifs is 2. The molecule has 0 saturated carbocycles. The summed E-state index contributed by atoms with van der Waals surface area (Å²) in [5.41, 5.74) is 0.875. The fourth-order valence-electron chi connectivity index (χ4n) is 5.54. The first kappa shape index (κ1) is 28.7. The molecule has 2 heterocycles. The molecule has 0 radical (unpaired) electrons. The second-order valence-electron chi connectivity index (χ2n) is 11.9. The molecular weight excluding hydrogens is 542 g/mol. The Hall–Kier alpha value is -3.81. The zero-order valence-corrected chi connectivity index (χ0v) is 24.8. The Balaban J connectivity index is 1.39. The molecule has 7 nitrogen and oxygen atoms in total. The number of anilines is 1. The standard InChI is InChI=1S/C31H34F2N4O3Si/c1-35-30(39)37(29-25(32)17-23(18-26(29)33)13-12-22-9-6-5-7-10-22)28(38)19-31(35)14-8-11-27-24(31)20-34-36(27)21-40-15-16-41(2,3)4/h5-7,9-10,17-18,20H,8,11,14-16,19,21H2,1-4H3/t31-/m0/s1. The molecular formula is C31H34F2N4O3Si. The summed E-state index contributed by atoms with van der Waals surface area (Å²) < 4.78 is 38.3. The van der Waals surface area contributed by atoms with Crippen LogP contribution in [-0.4, -0.2) is 48.3 Å². The molecule has 2 aliphatic rings. The number of imide groups is 1. The molecule has 1 fully saturated rings. The summed E-state index contributed by atoms with van der Waals surface area (Å²) in [6.07, 6.45) is 3.60. The third-order valence-corrected chi connectivity index (χ3v) is 9.55. The molecule has 214 valence electrons. The van der Waals surface area contributed by atoms with Crippen molar-refractivity contribution >= 4 is 25.7 Å². The molecule has 41 heavy (non-hydrogen) atoms. The van der Waals surface area contributed by atoms with Gasteiger partial charge < -0.3 is 9.64 Å². The summed E-state index contributed by atoms with van der Waals surface area (Å²) in [6.45, 7) is 7.81. The van der Waals surface area contributed by atoms with Crippen LogP contribution in [0.1, 0.15) is 41.6 Å². The van der Waals surface area contributed by atoms with Gasteiger partial charge in [-0.15, -0.1) is 0 Å². The number of carbonyl (C=O) groups excluding carboxylic acids is 2. The van der Waals surface area contributed by atoms with E-state index in [1.54, 1.807) is 30.1 Å². The number of aromatic nitrogens is 2. The lowest BCUT2D eigenvalue weighted by Gasteiger charge is -2.49. The second-order valence-corrected chi connectivity index (χ2v) is 17.5. The normalized spacial score (nSPS) is 18.9. The van der Waals surface area contributed by atoms with Crippen molar-refractivity contribution in [3.05, 3.63) is 82.7 Å². The minimum atomic E-state index is -1.23. The van der Waals surface area contributed by atoms with Gasteiger partial charge in [0.15, 0.2) is 11.6 Å². The molecule has 10 heteroatoms. The zero-order chi connectivity index (χ0) is 29.4. The van der Waals surface area contributed by atoms with Gasteiger partial charge in [0.05, 0.1) is 18.2 Å². The minimum absolute atomic E-state index is 0.103. The largest absolute Gasteiger partial charge is 0.360 e. The predicted octanol–water partition coefficient (Wildman–Crippen LogP) is 5.89. The monoisotopic (exact) mass is 576 g/mol. The van der Waals surface area contributed by atoms with Crippen molar-refractivity contribution < 1.29 is 23.1 Å². The summed E-state index contributed by atoms with van der Waals surface area (Å²) in [5.74, 6) is 2.88. The number of rotatable bonds is 6. The highest BCUT2D eigenvalue weighted by molar-refractivity contribution is 6.76. The highest BCUT2D eigenvalue weighted by Gasteiger charge is 2.52. The van der Waals surface area contributed by atoms with Crippen molar-refractivity contribution in [2.24, 2.45) is 0 Å². The molecule has 3 aromatic rings. The average molecular weight is 577 g/mol. The van der Waals surface area contributed by atoms with Crippen LogP contribution in [-0.2, 0) is 28.2 Å². The summed E-state index contributed by atoms with van der Waals surface area (Å²) in [7, 11) is 0.348. The Morgan fingerprint density at radius 1 is 1.05 bits per heavy atom. The van der Waals surface area contributed by atoms with Crippen LogP contribution in [0, 0.1) is 23.5 Å². The molecule has 0 N–H and O–H groups in total. The Labute approximate surface area is 240 Å². The lowest BCUT2D eigenvalue weighted by atomic mass is 9.75. The topological polar surface area (TPSA) is 67.7 Å². The minimum Gasteiger partial charge on any atom is -0.360 e. The smallest absolute Gasteiger partial charge is 0.332 e. The van der Waals surface area contributed by atoms with E-state index < -0.39 is 42.9 Å². The fourth-order valence-corrected chi connectivity index (χ4v) is 6.30. The zero-order valence-electron chi connectivity index (χ0n) is 23.8. The number of nitrogens with zero attached hydrogens (tertiary/aromatic N) is 4. The van der Waals surface area contributed by atoms with Gasteiger partial charge in [-0.25, -0.2) is 23.2 Å². The van der Waals surface area contributed by atoms with E-state index in [1.165, 1.54) is 4.90 Å². The highest BCUT2D eigenvalue weighted by atomic mass is 28.3. The van der Waals surface area contributed by atoms with Crippen LogP contribution in [0.2, 0.25) is 25.7 Å². The SMILES string of the molecule is CN1C(=O)N(c2c(F)cc(C#Cc3ccccc3)cc2F)C(=O)C[C@]12CCCc1c2cnn1COCC[Si](C)(C)C. The van der Waals surface area contributed by atoms with Crippen LogP contribution in [0.5, 0.6) is 0 Å². The van der Waals surface area contributed by atoms with Crippen molar-refractivity contribution in [2.45, 2.75) is 63.6 Å². The maximum atomic E-state index is 15.3. The number of amides is 3. The molecule has 1 aliphatic carbocycles. The number of carbonyl (C=O) groups is 2. The third-order valence-electron chi connectivity index (χ3n) is 7.84. The van der Waals surface area contributed by atoms with Crippen LogP contribution < -0.4 is 4.90 Å². The van der Waals surface area contributed by atoms with Gasteiger partial charge in [-0.05, 0) is 49.6 Å². The van der Waals surface area contributed by atoms with Gasteiger partial charge >= 0.3 is 6.03 Å². The number of halogens is 2. The molecule has 1 spiro atoms. The Bertz CT molecular complexity index is 1520. The number of ether oxygens (including phenoxy) is 1. The molecule has 0 bridgehead atoms. The van der Waals surface area contributed by atoms with Crippen LogP contribution >= 0.6 is 0 Å². The molecule has 1 aromatic heterocycles. The molecule has 0 unspecified atom stereocenters. The van der Waals surface area contributed by atoms with Gasteiger partial charge in [-0.2, -0.15) is 5.10 Å². The number of hydrogen-bond acceptors (Lipinski definition) is 4. The maximum Gasteiger partial charge on any atom is 0.332 e. The van der Waals surface area contributed by atoms with Crippen molar-refractivity contribution in [1.29, 1.82) is 0 Å². The van der Waals surface area contributed by atoms with Gasteiger partial charge in [0.1, 0.15) is 12.4 Å². The maximum absolute atomic E-state index is 15.3. The number of urea groups is 1. The summed E-state index contributed by atoms with van der Waals surface area (Å²) >= 11 is 0. The van der Waals surface area contributed by atoms with E-state index in [0.29, 0.717) is 30.2 Å². The number of benzene rings is 2. The molecule has 1 aliphatic heterocycles. The average Bonchev–Trinajstić information content (AvgIpc) is 3.34. The number of hydrogen-bond donors (Lipinski definition) is 0. The van der Waals surface area contributed by atoms with Crippen LogP contribution in [0.15, 0.2) is 48.7 Å². The van der Waals surface area contributed by atoms with Gasteiger partial charge in [0.25, 0.3) is 0 Å². The molecule has 1 atom stereocenters. The fraction of sp³-hybridized carbons (Fsp3) is 0.387. The van der Waals surface area contributed by atoms with E-state index in [9.17, 15) is 9.59 Å². The molecule has 2 aromatic carbocycles. The van der Waals surface area contributed by atoms with Crippen molar-refractivity contribution in [3.8, 4) is 11.8 Å². The van der Waals surface area contributed by atoms with Crippen molar-refractivity contribution in [3.63, 3.8) is 0 Å². The van der Waals surface area contributed by atoms with Crippen molar-refractivity contribution in [1.82, 2.24) is 14.7 Å². The van der Waals surface area contributed by atoms with E-state index in [1.807, 2.05) is 18.2 Å². The van der Waals surface area contributed by atoms with E-state index in [2.05, 4.69) is 36.6 Å².